The van der Waals surface area contributed by atoms with Gasteiger partial charge in [0.1, 0.15) is 0 Å². The summed E-state index contributed by atoms with van der Waals surface area (Å²) in [7, 11) is -0.814. The van der Waals surface area contributed by atoms with Crippen molar-refractivity contribution in [3.05, 3.63) is 101 Å². The first-order valence-electron chi connectivity index (χ1n) is 12.9. The zero-order valence-electron chi connectivity index (χ0n) is 23.0. The Morgan fingerprint density at radius 3 is 2.42 bits per heavy atom. The van der Waals surface area contributed by atoms with Gasteiger partial charge in [0.25, 0.3) is 0 Å². The fraction of sp³-hybridized carbons (Fsp3) is 0.258. The third-order valence-corrected chi connectivity index (χ3v) is 9.48. The lowest BCUT2D eigenvalue weighted by Gasteiger charge is -2.27. The number of aryl methyl sites for hydroxylation is 1. The average molecular weight is 579 g/mol. The van der Waals surface area contributed by atoms with Crippen LogP contribution in [0.1, 0.15) is 15.3 Å². The molecule has 0 N–H and O–H groups in total. The van der Waals surface area contributed by atoms with Crippen LogP contribution in [0, 0.1) is 6.92 Å². The van der Waals surface area contributed by atoms with Gasteiger partial charge >= 0.3 is 0 Å². The summed E-state index contributed by atoms with van der Waals surface area (Å²) in [6, 6.07) is 22.2. The van der Waals surface area contributed by atoms with Gasteiger partial charge in [-0.2, -0.15) is 4.31 Å². The normalized spacial score (nSPS) is 11.5. The lowest BCUT2D eigenvalue weighted by molar-refractivity contribution is -0.131. The second-order valence-electron chi connectivity index (χ2n) is 9.33. The van der Waals surface area contributed by atoms with E-state index in [9.17, 15) is 13.2 Å². The number of hydrogen-bond acceptors (Lipinski definition) is 6. The van der Waals surface area contributed by atoms with E-state index in [0.29, 0.717) is 36.4 Å². The van der Waals surface area contributed by atoms with Gasteiger partial charge in [0.2, 0.25) is 15.9 Å². The van der Waals surface area contributed by atoms with Crippen molar-refractivity contribution in [1.29, 1.82) is 0 Å². The zero-order chi connectivity index (χ0) is 28.7. The lowest BCUT2D eigenvalue weighted by Crippen LogP contribution is -2.43. The number of ether oxygens (including phenoxy) is 2. The minimum Gasteiger partial charge on any atom is -0.493 e. The molecule has 0 saturated carbocycles. The quantitative estimate of drug-likeness (QED) is 0.191. The van der Waals surface area contributed by atoms with E-state index in [1.807, 2.05) is 61.5 Å². The van der Waals surface area contributed by atoms with Gasteiger partial charge in [-0.3, -0.25) is 4.79 Å². The van der Waals surface area contributed by atoms with E-state index in [4.69, 9.17) is 9.47 Å². The maximum absolute atomic E-state index is 13.9. The Bertz CT molecular complexity index is 1590. The molecule has 1 amide bonds. The van der Waals surface area contributed by atoms with Crippen molar-refractivity contribution in [3.63, 3.8) is 0 Å². The third kappa shape index (κ3) is 6.72. The largest absolute Gasteiger partial charge is 0.493 e. The van der Waals surface area contributed by atoms with E-state index in [0.717, 1.165) is 20.7 Å². The number of sulfonamides is 1. The molecule has 1 heterocycles. The van der Waals surface area contributed by atoms with E-state index in [1.165, 1.54) is 10.4 Å². The van der Waals surface area contributed by atoms with Crippen LogP contribution in [0.5, 0.6) is 11.5 Å². The molecule has 0 unspecified atom stereocenters. The second kappa shape index (κ2) is 13.1. The first kappa shape index (κ1) is 29.3. The molecule has 0 saturated heterocycles. The molecule has 9 heteroatoms. The summed E-state index contributed by atoms with van der Waals surface area (Å²) in [5.74, 6) is 0.967. The van der Waals surface area contributed by atoms with Gasteiger partial charge in [-0.25, -0.2) is 8.42 Å². The number of carbonyl (C=O) groups excluding carboxylic acids is 1. The number of rotatable bonds is 13. The van der Waals surface area contributed by atoms with Crippen molar-refractivity contribution >= 4 is 38.0 Å². The molecular weight excluding hydrogens is 544 g/mol. The Morgan fingerprint density at radius 2 is 1.73 bits per heavy atom. The highest BCUT2D eigenvalue weighted by atomic mass is 32.2. The fourth-order valence-corrected chi connectivity index (χ4v) is 7.03. The van der Waals surface area contributed by atoms with Crippen LogP contribution in [0.15, 0.2) is 90.3 Å². The van der Waals surface area contributed by atoms with Gasteiger partial charge in [-0.15, -0.1) is 17.9 Å². The molecule has 40 heavy (non-hydrogen) atoms. The van der Waals surface area contributed by atoms with E-state index in [2.05, 4.69) is 6.58 Å². The highest BCUT2D eigenvalue weighted by molar-refractivity contribution is 7.89. The monoisotopic (exact) mass is 578 g/mol. The summed E-state index contributed by atoms with van der Waals surface area (Å²) < 4.78 is 39.7. The van der Waals surface area contributed by atoms with Gasteiger partial charge < -0.3 is 14.4 Å². The molecule has 0 aliphatic heterocycles. The number of thiophene rings is 1. The van der Waals surface area contributed by atoms with E-state index in [1.54, 1.807) is 48.7 Å². The summed E-state index contributed by atoms with van der Waals surface area (Å²) in [6.45, 7) is 6.28. The van der Waals surface area contributed by atoms with Crippen LogP contribution < -0.4 is 9.47 Å². The number of benzene rings is 3. The van der Waals surface area contributed by atoms with Crippen molar-refractivity contribution in [2.75, 3.05) is 33.9 Å². The Balaban J connectivity index is 1.60. The molecule has 0 atom stereocenters. The molecule has 4 rings (SSSR count). The first-order valence-corrected chi connectivity index (χ1v) is 15.1. The zero-order valence-corrected chi connectivity index (χ0v) is 24.6. The third-order valence-electron chi connectivity index (χ3n) is 6.63. The van der Waals surface area contributed by atoms with Crippen LogP contribution in [0.4, 0.5) is 0 Å². The minimum atomic E-state index is -3.98. The van der Waals surface area contributed by atoms with Crippen LogP contribution in [0.3, 0.4) is 0 Å². The molecule has 7 nitrogen and oxygen atoms in total. The summed E-state index contributed by atoms with van der Waals surface area (Å²) in [5.41, 5.74) is 0.976. The molecule has 0 aliphatic carbocycles. The molecule has 0 bridgehead atoms. The molecule has 0 aliphatic rings. The molecule has 0 spiro atoms. The van der Waals surface area contributed by atoms with Gasteiger partial charge in [-0.05, 0) is 54.6 Å². The van der Waals surface area contributed by atoms with Gasteiger partial charge in [-0.1, -0.05) is 48.5 Å². The maximum atomic E-state index is 13.9. The predicted molar refractivity (Wildman–Crippen MR) is 161 cm³/mol. The Morgan fingerprint density at radius 1 is 0.975 bits per heavy atom. The lowest BCUT2D eigenvalue weighted by atomic mass is 10.1. The summed E-state index contributed by atoms with van der Waals surface area (Å²) >= 11 is 1.62. The van der Waals surface area contributed by atoms with Crippen LogP contribution >= 0.6 is 11.3 Å². The van der Waals surface area contributed by atoms with Crippen molar-refractivity contribution in [2.24, 2.45) is 0 Å². The topological polar surface area (TPSA) is 76.2 Å². The Labute approximate surface area is 240 Å². The van der Waals surface area contributed by atoms with Crippen molar-refractivity contribution in [1.82, 2.24) is 9.21 Å². The number of methoxy groups -OCH3 is 2. The van der Waals surface area contributed by atoms with Crippen LogP contribution in [-0.4, -0.2) is 57.4 Å². The van der Waals surface area contributed by atoms with Gasteiger partial charge in [0.15, 0.2) is 11.5 Å². The highest BCUT2D eigenvalue weighted by Gasteiger charge is 2.29. The summed E-state index contributed by atoms with van der Waals surface area (Å²) in [4.78, 5) is 17.8. The SMILES string of the molecule is C=CCN(CC(=O)N(CCc1ccc(OC)c(OC)c1)Cc1ccc(C)s1)S(=O)(=O)c1cccc2ccccc12. The van der Waals surface area contributed by atoms with E-state index >= 15 is 0 Å². The minimum absolute atomic E-state index is 0.0128. The second-order valence-corrected chi connectivity index (χ2v) is 12.6. The number of carbonyl (C=O) groups is 1. The number of hydrogen-bond donors (Lipinski definition) is 0. The molecule has 0 radical (unpaired) electrons. The van der Waals surface area contributed by atoms with Gasteiger partial charge in [0, 0.05) is 28.2 Å². The molecule has 0 fully saturated rings. The predicted octanol–water partition coefficient (Wildman–Crippen LogP) is 5.68. The molecule has 4 aromatic rings. The summed E-state index contributed by atoms with van der Waals surface area (Å²) in [6.07, 6.45) is 2.07. The van der Waals surface area contributed by atoms with E-state index in [-0.39, 0.29) is 23.9 Å². The molecule has 210 valence electrons. The average Bonchev–Trinajstić information content (AvgIpc) is 3.38. The molecule has 3 aromatic carbocycles. The number of amides is 1. The smallest absolute Gasteiger partial charge is 0.244 e. The summed E-state index contributed by atoms with van der Waals surface area (Å²) in [5, 5.41) is 1.43. The van der Waals surface area contributed by atoms with Crippen LogP contribution in [0.2, 0.25) is 0 Å². The van der Waals surface area contributed by atoms with Crippen molar-refractivity contribution in [2.45, 2.75) is 24.8 Å². The molecular formula is C31H34N2O5S2. The first-order chi connectivity index (χ1) is 19.3. The Kier molecular flexibility index (Phi) is 9.63. The van der Waals surface area contributed by atoms with Crippen molar-refractivity contribution in [3.8, 4) is 11.5 Å². The van der Waals surface area contributed by atoms with E-state index < -0.39 is 10.0 Å². The number of nitrogens with zero attached hydrogens (tertiary/aromatic N) is 2. The van der Waals surface area contributed by atoms with Crippen LogP contribution in [-0.2, 0) is 27.8 Å². The molecule has 1 aromatic heterocycles. The van der Waals surface area contributed by atoms with Gasteiger partial charge in [0.05, 0.1) is 32.2 Å². The Hall–Kier alpha value is -3.66. The van der Waals surface area contributed by atoms with Crippen molar-refractivity contribution < 1.29 is 22.7 Å². The fourth-order valence-electron chi connectivity index (χ4n) is 4.55. The van der Waals surface area contributed by atoms with Crippen LogP contribution in [0.25, 0.3) is 10.8 Å². The highest BCUT2D eigenvalue weighted by Crippen LogP contribution is 2.29. The standard InChI is InChI=1S/C31H34N2O5S2/c1-5-18-33(40(35,36)30-12-8-10-25-9-6-7-11-27(25)30)22-31(34)32(21-26-15-13-23(2)39-26)19-17-24-14-16-28(37-3)29(20-24)38-4/h5-16,20H,1,17-19,21-22H2,2-4H3. The number of fused-ring (bicyclic) bond motifs is 1. The maximum Gasteiger partial charge on any atom is 0.244 e.